The van der Waals surface area contributed by atoms with Gasteiger partial charge in [0.25, 0.3) is 10.1 Å². The average molecular weight is 291 g/mol. The van der Waals surface area contributed by atoms with Crippen LogP contribution in [0.3, 0.4) is 0 Å². The maximum atomic E-state index is 10.7. The second-order valence-electron chi connectivity index (χ2n) is 3.92. The first-order chi connectivity index (χ1) is 8.46. The summed E-state index contributed by atoms with van der Waals surface area (Å²) in [5.41, 5.74) is 0.979. The van der Waals surface area contributed by atoms with Gasteiger partial charge in [-0.2, -0.15) is 8.42 Å². The van der Waals surface area contributed by atoms with E-state index in [9.17, 15) is 8.42 Å². The van der Waals surface area contributed by atoms with Gasteiger partial charge in [-0.3, -0.25) is 4.55 Å². The minimum atomic E-state index is -3.87. The summed E-state index contributed by atoms with van der Waals surface area (Å²) >= 11 is 0. The zero-order valence-electron chi connectivity index (χ0n) is 11.2. The van der Waals surface area contributed by atoms with E-state index >= 15 is 0 Å². The Morgan fingerprint density at radius 2 is 2.05 bits per heavy atom. The summed E-state index contributed by atoms with van der Waals surface area (Å²) < 4.78 is 35.1. The highest BCUT2D eigenvalue weighted by Crippen LogP contribution is 2.20. The summed E-state index contributed by atoms with van der Waals surface area (Å²) in [5.74, 6) is 0.550. The third-order valence-corrected chi connectivity index (χ3v) is 3.44. The van der Waals surface area contributed by atoms with Crippen LogP contribution in [-0.2, 0) is 10.1 Å². The Bertz CT molecular complexity index is 475. The van der Waals surface area contributed by atoms with Crippen LogP contribution in [-0.4, -0.2) is 44.4 Å². The van der Waals surface area contributed by atoms with Crippen molar-refractivity contribution < 1.29 is 23.2 Å². The predicted molar refractivity (Wildman–Crippen MR) is 75.5 cm³/mol. The fraction of sp³-hybridized carbons (Fsp3) is 0.500. The Balaban J connectivity index is 0.00000324. The van der Waals surface area contributed by atoms with E-state index in [4.69, 9.17) is 9.29 Å². The van der Waals surface area contributed by atoms with E-state index in [-0.39, 0.29) is 11.2 Å². The van der Waals surface area contributed by atoms with Gasteiger partial charge in [-0.05, 0) is 25.5 Å². The standard InChI is InChI=1S/C12H19NO4S.H2O/c1-3-13(8-5-9-18(14,15)16)11-6-4-7-12(10-11)17-2;/h4,6-7,10H,3,5,8-9H2,1-2H3,(H,14,15,16);1H2. The lowest BCUT2D eigenvalue weighted by molar-refractivity contribution is 0.414. The summed E-state index contributed by atoms with van der Waals surface area (Å²) in [7, 11) is -2.27. The smallest absolute Gasteiger partial charge is 0.264 e. The monoisotopic (exact) mass is 291 g/mol. The zero-order valence-corrected chi connectivity index (χ0v) is 12.0. The topological polar surface area (TPSA) is 98.3 Å². The minimum Gasteiger partial charge on any atom is -0.497 e. The normalized spacial score (nSPS) is 10.7. The molecule has 0 amide bonds. The maximum Gasteiger partial charge on any atom is 0.264 e. The summed E-state index contributed by atoms with van der Waals surface area (Å²) in [6, 6.07) is 7.59. The number of hydrogen-bond acceptors (Lipinski definition) is 4. The molecule has 0 aliphatic carbocycles. The van der Waals surface area contributed by atoms with Crippen LogP contribution in [0, 0.1) is 0 Å². The third-order valence-electron chi connectivity index (χ3n) is 2.63. The van der Waals surface area contributed by atoms with Gasteiger partial charge in [0.2, 0.25) is 0 Å². The fourth-order valence-electron chi connectivity index (χ4n) is 1.71. The molecule has 0 aliphatic heterocycles. The van der Waals surface area contributed by atoms with Crippen LogP contribution in [0.1, 0.15) is 13.3 Å². The van der Waals surface area contributed by atoms with Crippen molar-refractivity contribution in [3.63, 3.8) is 0 Å². The molecule has 0 fully saturated rings. The van der Waals surface area contributed by atoms with E-state index in [0.717, 1.165) is 18.0 Å². The predicted octanol–water partition coefficient (Wildman–Crippen LogP) is 0.975. The Labute approximate surface area is 114 Å². The summed E-state index contributed by atoms with van der Waals surface area (Å²) in [4.78, 5) is 2.04. The van der Waals surface area contributed by atoms with Crippen LogP contribution < -0.4 is 9.64 Å². The summed E-state index contributed by atoms with van der Waals surface area (Å²) in [6.07, 6.45) is 0.393. The maximum absolute atomic E-state index is 10.7. The molecule has 0 aromatic heterocycles. The molecule has 1 aromatic rings. The SMILES string of the molecule is CCN(CCCS(=O)(=O)O)c1cccc(OC)c1.O. The first-order valence-electron chi connectivity index (χ1n) is 5.80. The van der Waals surface area contributed by atoms with Crippen molar-refractivity contribution in [3.05, 3.63) is 24.3 Å². The van der Waals surface area contributed by atoms with Gasteiger partial charge in [0, 0.05) is 24.8 Å². The van der Waals surface area contributed by atoms with Gasteiger partial charge >= 0.3 is 0 Å². The first-order valence-corrected chi connectivity index (χ1v) is 7.41. The number of nitrogens with zero attached hydrogens (tertiary/aromatic N) is 1. The van der Waals surface area contributed by atoms with E-state index in [0.29, 0.717) is 13.0 Å². The van der Waals surface area contributed by atoms with Crippen LogP contribution in [0.15, 0.2) is 24.3 Å². The van der Waals surface area contributed by atoms with Crippen molar-refractivity contribution in [3.8, 4) is 5.75 Å². The first kappa shape index (κ1) is 17.7. The zero-order chi connectivity index (χ0) is 13.6. The van der Waals surface area contributed by atoms with Crippen LogP contribution >= 0.6 is 0 Å². The number of rotatable bonds is 7. The molecule has 0 atom stereocenters. The van der Waals surface area contributed by atoms with Crippen LogP contribution in [0.4, 0.5) is 5.69 Å². The average Bonchev–Trinajstić information content (AvgIpc) is 2.33. The van der Waals surface area contributed by atoms with Gasteiger partial charge in [0.15, 0.2) is 0 Å². The molecule has 0 heterocycles. The molecule has 1 aromatic carbocycles. The van der Waals surface area contributed by atoms with Crippen LogP contribution in [0.25, 0.3) is 0 Å². The van der Waals surface area contributed by atoms with E-state index in [2.05, 4.69) is 0 Å². The van der Waals surface area contributed by atoms with Crippen molar-refractivity contribution in [2.75, 3.05) is 30.9 Å². The molecule has 0 radical (unpaired) electrons. The quantitative estimate of drug-likeness (QED) is 0.755. The van der Waals surface area contributed by atoms with Gasteiger partial charge in [-0.1, -0.05) is 6.07 Å². The fourth-order valence-corrected chi connectivity index (χ4v) is 2.21. The van der Waals surface area contributed by atoms with Crippen molar-refractivity contribution in [1.82, 2.24) is 0 Å². The molecule has 3 N–H and O–H groups in total. The van der Waals surface area contributed by atoms with Crippen molar-refractivity contribution in [1.29, 1.82) is 0 Å². The molecule has 0 spiro atoms. The molecular weight excluding hydrogens is 270 g/mol. The summed E-state index contributed by atoms with van der Waals surface area (Å²) in [5, 5.41) is 0. The Morgan fingerprint density at radius 1 is 1.37 bits per heavy atom. The van der Waals surface area contributed by atoms with Crippen molar-refractivity contribution >= 4 is 15.8 Å². The van der Waals surface area contributed by atoms with Gasteiger partial charge in [0.05, 0.1) is 12.9 Å². The Hall–Kier alpha value is -1.31. The van der Waals surface area contributed by atoms with Crippen molar-refractivity contribution in [2.45, 2.75) is 13.3 Å². The molecule has 6 nitrogen and oxygen atoms in total. The molecule has 0 unspecified atom stereocenters. The lowest BCUT2D eigenvalue weighted by atomic mass is 10.2. The number of ether oxygens (including phenoxy) is 1. The molecule has 0 saturated carbocycles. The second kappa shape index (κ2) is 7.98. The van der Waals surface area contributed by atoms with E-state index in [1.165, 1.54) is 0 Å². The lowest BCUT2D eigenvalue weighted by Gasteiger charge is -2.23. The van der Waals surface area contributed by atoms with E-state index in [1.54, 1.807) is 7.11 Å². The molecular formula is C12H21NO5S. The molecule has 0 bridgehead atoms. The Kier molecular flexibility index (Phi) is 7.43. The number of anilines is 1. The van der Waals surface area contributed by atoms with Crippen LogP contribution in [0.5, 0.6) is 5.75 Å². The van der Waals surface area contributed by atoms with Crippen molar-refractivity contribution in [2.24, 2.45) is 0 Å². The number of benzene rings is 1. The van der Waals surface area contributed by atoms with Gasteiger partial charge in [-0.15, -0.1) is 0 Å². The number of hydrogen-bond donors (Lipinski definition) is 1. The van der Waals surface area contributed by atoms with Gasteiger partial charge < -0.3 is 15.1 Å². The highest BCUT2D eigenvalue weighted by Gasteiger charge is 2.08. The highest BCUT2D eigenvalue weighted by molar-refractivity contribution is 7.85. The van der Waals surface area contributed by atoms with E-state index in [1.807, 2.05) is 36.1 Å². The Morgan fingerprint density at radius 3 is 2.58 bits per heavy atom. The molecule has 0 saturated heterocycles. The molecule has 19 heavy (non-hydrogen) atoms. The van der Waals surface area contributed by atoms with Gasteiger partial charge in [0.1, 0.15) is 5.75 Å². The van der Waals surface area contributed by atoms with Gasteiger partial charge in [-0.25, -0.2) is 0 Å². The van der Waals surface area contributed by atoms with E-state index < -0.39 is 10.1 Å². The summed E-state index contributed by atoms with van der Waals surface area (Å²) in [6.45, 7) is 3.33. The lowest BCUT2D eigenvalue weighted by Crippen LogP contribution is -2.25. The third kappa shape index (κ3) is 6.42. The molecule has 7 heteroatoms. The number of methoxy groups -OCH3 is 1. The highest BCUT2D eigenvalue weighted by atomic mass is 32.2. The molecule has 0 aliphatic rings. The minimum absolute atomic E-state index is 0. The molecule has 110 valence electrons. The van der Waals surface area contributed by atoms with Crippen LogP contribution in [0.2, 0.25) is 0 Å². The molecule has 1 rings (SSSR count). The second-order valence-corrected chi connectivity index (χ2v) is 5.49. The largest absolute Gasteiger partial charge is 0.497 e.